The largest absolute Gasteiger partial charge is 0.483 e. The van der Waals surface area contributed by atoms with E-state index < -0.39 is 11.7 Å². The van der Waals surface area contributed by atoms with Gasteiger partial charge in [0.1, 0.15) is 11.1 Å². The van der Waals surface area contributed by atoms with E-state index in [0.29, 0.717) is 23.6 Å². The highest BCUT2D eigenvalue weighted by Gasteiger charge is 2.21. The van der Waals surface area contributed by atoms with E-state index in [2.05, 4.69) is 37.2 Å². The van der Waals surface area contributed by atoms with Gasteiger partial charge >= 0.3 is 0 Å². The second-order valence-electron chi connectivity index (χ2n) is 7.37. The van der Waals surface area contributed by atoms with E-state index in [1.807, 2.05) is 6.92 Å². The van der Waals surface area contributed by atoms with Crippen LogP contribution in [0.3, 0.4) is 0 Å². The lowest BCUT2D eigenvalue weighted by Gasteiger charge is -2.32. The summed E-state index contributed by atoms with van der Waals surface area (Å²) in [6.45, 7) is 5.37. The summed E-state index contributed by atoms with van der Waals surface area (Å²) in [4.78, 5) is 34.4. The third kappa shape index (κ3) is 5.71. The van der Waals surface area contributed by atoms with Gasteiger partial charge in [-0.3, -0.25) is 14.3 Å². The second-order valence-corrected chi connectivity index (χ2v) is 7.37. The quantitative estimate of drug-likeness (QED) is 0.547. The van der Waals surface area contributed by atoms with Crippen LogP contribution >= 0.6 is 0 Å². The van der Waals surface area contributed by atoms with Gasteiger partial charge in [0.2, 0.25) is 11.8 Å². The lowest BCUT2D eigenvalue weighted by molar-refractivity contribution is -0.122. The maximum Gasteiger partial charge on any atom is 0.290 e. The molecular weight excluding hydrogens is 433 g/mol. The molecule has 1 aromatic carbocycles. The van der Waals surface area contributed by atoms with E-state index in [4.69, 9.17) is 14.6 Å². The molecule has 0 spiro atoms. The number of ether oxygens (including phenoxy) is 1. The highest BCUT2D eigenvalue weighted by molar-refractivity contribution is 6.06. The number of halogens is 1. The lowest BCUT2D eigenvalue weighted by atomic mass is 10.2. The molecule has 1 fully saturated rings. The molecule has 1 aliphatic heterocycles. The van der Waals surface area contributed by atoms with Crippen molar-refractivity contribution in [3.63, 3.8) is 0 Å². The minimum atomic E-state index is -0.505. The Hall–Kier alpha value is -3.80. The van der Waals surface area contributed by atoms with Gasteiger partial charge in [0.15, 0.2) is 5.82 Å². The topological polar surface area (TPSA) is 126 Å². The Kier molecular flexibility index (Phi) is 7.72. The molecule has 2 aromatic heterocycles. The van der Waals surface area contributed by atoms with Crippen LogP contribution in [0.4, 0.5) is 16.0 Å². The first-order valence-corrected chi connectivity index (χ1v) is 10.3. The molecule has 0 bridgehead atoms. The Morgan fingerprint density at radius 2 is 1.97 bits per heavy atom. The predicted molar refractivity (Wildman–Crippen MR) is 120 cm³/mol. The molecule has 1 aliphatic rings. The van der Waals surface area contributed by atoms with Crippen molar-refractivity contribution in [2.45, 2.75) is 6.92 Å². The number of amides is 1. The Balaban J connectivity index is 0.000000968. The van der Waals surface area contributed by atoms with E-state index >= 15 is 0 Å². The summed E-state index contributed by atoms with van der Waals surface area (Å²) in [7, 11) is 3.79. The van der Waals surface area contributed by atoms with Crippen molar-refractivity contribution in [3.05, 3.63) is 35.9 Å². The zero-order chi connectivity index (χ0) is 24.0. The molecule has 176 valence electrons. The zero-order valence-electron chi connectivity index (χ0n) is 18.7. The number of rotatable bonds is 5. The summed E-state index contributed by atoms with van der Waals surface area (Å²) >= 11 is 0. The summed E-state index contributed by atoms with van der Waals surface area (Å²) in [5, 5.41) is 14.3. The van der Waals surface area contributed by atoms with Gasteiger partial charge in [0.25, 0.3) is 12.4 Å². The molecule has 1 saturated heterocycles. The predicted octanol–water partition coefficient (Wildman–Crippen LogP) is 1.61. The van der Waals surface area contributed by atoms with Crippen LogP contribution < -0.4 is 15.0 Å². The molecule has 12 heteroatoms. The molecule has 3 heterocycles. The highest BCUT2D eigenvalue weighted by atomic mass is 19.1. The van der Waals surface area contributed by atoms with E-state index in [1.165, 1.54) is 16.9 Å². The van der Waals surface area contributed by atoms with Gasteiger partial charge in [0.05, 0.1) is 6.61 Å². The monoisotopic (exact) mass is 459 g/mol. The number of nitrogens with one attached hydrogen (secondary N) is 1. The maximum absolute atomic E-state index is 14.3. The van der Waals surface area contributed by atoms with E-state index in [-0.39, 0.29) is 23.4 Å². The van der Waals surface area contributed by atoms with Gasteiger partial charge in [0, 0.05) is 56.7 Å². The number of aromatic nitrogens is 4. The van der Waals surface area contributed by atoms with Crippen molar-refractivity contribution in [2.24, 2.45) is 7.05 Å². The molecule has 4 rings (SSSR count). The van der Waals surface area contributed by atoms with Gasteiger partial charge in [-0.1, -0.05) is 0 Å². The molecule has 0 unspecified atom stereocenters. The molecular formula is C21H26FN7O4. The number of carboxylic acid groups (broad SMARTS) is 1. The number of fused-ring (bicyclic) bond motifs is 1. The van der Waals surface area contributed by atoms with Crippen LogP contribution in [0.5, 0.6) is 5.88 Å². The summed E-state index contributed by atoms with van der Waals surface area (Å²) in [6.07, 6.45) is 3.15. The van der Waals surface area contributed by atoms with E-state index in [9.17, 15) is 9.18 Å². The first-order valence-electron chi connectivity index (χ1n) is 10.3. The minimum absolute atomic E-state index is 0.196. The maximum atomic E-state index is 14.3. The normalized spacial score (nSPS) is 13.9. The molecule has 1 amide bonds. The standard InChI is InChI=1S/C20H24FN7O2.CH2O2/c1-4-30-19-15(11-22-20(24-19)28-7-5-26(2)6-8-28)18(29)23-14-9-13-12-27(3)25-17(13)16(21)10-14;2-1-3/h9-12H,4-8H2,1-3H3,(H,23,29);1H,(H,2,3). The number of benzene rings is 1. The lowest BCUT2D eigenvalue weighted by Crippen LogP contribution is -2.45. The van der Waals surface area contributed by atoms with E-state index in [0.717, 1.165) is 26.2 Å². The number of hydrogen-bond acceptors (Lipinski definition) is 8. The third-order valence-electron chi connectivity index (χ3n) is 4.99. The van der Waals surface area contributed by atoms with Crippen LogP contribution in [-0.2, 0) is 11.8 Å². The highest BCUT2D eigenvalue weighted by Crippen LogP contribution is 2.24. The summed E-state index contributed by atoms with van der Waals surface area (Å²) in [5.41, 5.74) is 0.773. The molecule has 33 heavy (non-hydrogen) atoms. The van der Waals surface area contributed by atoms with Crippen LogP contribution in [0.1, 0.15) is 17.3 Å². The fourth-order valence-electron chi connectivity index (χ4n) is 3.40. The number of nitrogens with zero attached hydrogens (tertiary/aromatic N) is 6. The number of hydrogen-bond donors (Lipinski definition) is 2. The van der Waals surface area contributed by atoms with Crippen molar-refractivity contribution in [3.8, 4) is 5.88 Å². The number of carbonyl (C=O) groups excluding carboxylic acids is 1. The van der Waals surface area contributed by atoms with Crippen molar-refractivity contribution in [2.75, 3.05) is 50.1 Å². The Labute approximate surface area is 189 Å². The second kappa shape index (κ2) is 10.7. The van der Waals surface area contributed by atoms with Gasteiger partial charge in [-0.05, 0) is 26.1 Å². The van der Waals surface area contributed by atoms with Gasteiger partial charge in [-0.2, -0.15) is 10.1 Å². The van der Waals surface area contributed by atoms with Crippen LogP contribution in [0.25, 0.3) is 10.9 Å². The van der Waals surface area contributed by atoms with Crippen molar-refractivity contribution in [1.82, 2.24) is 24.6 Å². The van der Waals surface area contributed by atoms with Crippen LogP contribution in [0.15, 0.2) is 24.5 Å². The average molecular weight is 459 g/mol. The van der Waals surface area contributed by atoms with Crippen LogP contribution in [-0.4, -0.2) is 82.0 Å². The number of likely N-dealkylation sites (N-methyl/N-ethyl adjacent to an activating group) is 1. The Morgan fingerprint density at radius 1 is 1.27 bits per heavy atom. The summed E-state index contributed by atoms with van der Waals surface area (Å²) in [5.74, 6) is -0.228. The number of piperazine rings is 1. The van der Waals surface area contributed by atoms with Crippen LogP contribution in [0, 0.1) is 5.82 Å². The fraction of sp³-hybridized carbons (Fsp3) is 0.381. The molecule has 2 N–H and O–H groups in total. The minimum Gasteiger partial charge on any atom is -0.483 e. The average Bonchev–Trinajstić information content (AvgIpc) is 3.16. The molecule has 0 saturated carbocycles. The molecule has 3 aromatic rings. The Bertz CT molecular complexity index is 1130. The van der Waals surface area contributed by atoms with Crippen molar-refractivity contribution in [1.29, 1.82) is 0 Å². The molecule has 11 nitrogen and oxygen atoms in total. The Morgan fingerprint density at radius 3 is 2.64 bits per heavy atom. The molecule has 0 aliphatic carbocycles. The zero-order valence-corrected chi connectivity index (χ0v) is 18.7. The first kappa shape index (κ1) is 23.9. The molecule has 0 atom stereocenters. The third-order valence-corrected chi connectivity index (χ3v) is 4.99. The van der Waals surface area contributed by atoms with E-state index in [1.54, 1.807) is 19.3 Å². The summed E-state index contributed by atoms with van der Waals surface area (Å²) < 4.78 is 21.4. The number of aryl methyl sites for hydroxylation is 1. The SMILES string of the molecule is CCOc1nc(N2CCN(C)CC2)ncc1C(=O)Nc1cc(F)c2nn(C)cc2c1.O=CO. The van der Waals surface area contributed by atoms with Crippen LogP contribution in [0.2, 0.25) is 0 Å². The smallest absolute Gasteiger partial charge is 0.290 e. The van der Waals surface area contributed by atoms with Crippen molar-refractivity contribution >= 4 is 34.9 Å². The van der Waals surface area contributed by atoms with Crippen molar-refractivity contribution < 1.29 is 23.8 Å². The fourth-order valence-corrected chi connectivity index (χ4v) is 3.40. The molecule has 0 radical (unpaired) electrons. The van der Waals surface area contributed by atoms with Gasteiger partial charge in [-0.15, -0.1) is 0 Å². The van der Waals surface area contributed by atoms with Gasteiger partial charge in [-0.25, -0.2) is 9.37 Å². The van der Waals surface area contributed by atoms with Gasteiger partial charge < -0.3 is 25.0 Å². The number of anilines is 2. The first-order chi connectivity index (χ1) is 15.9. The summed E-state index contributed by atoms with van der Waals surface area (Å²) in [6, 6.07) is 2.91. The number of carbonyl (C=O) groups is 2.